The van der Waals surface area contributed by atoms with Gasteiger partial charge in [0.05, 0.1) is 5.69 Å². The lowest BCUT2D eigenvalue weighted by Crippen LogP contribution is -2.24. The van der Waals surface area contributed by atoms with E-state index >= 15 is 0 Å². The molecule has 0 aromatic carbocycles. The first-order valence-corrected chi connectivity index (χ1v) is 6.63. The van der Waals surface area contributed by atoms with Crippen LogP contribution in [-0.2, 0) is 19.3 Å². The maximum Gasteiger partial charge on any atom is 0.108 e. The summed E-state index contributed by atoms with van der Waals surface area (Å²) in [7, 11) is 0. The van der Waals surface area contributed by atoms with Crippen LogP contribution in [0.5, 0.6) is 0 Å². The fraction of sp³-hybridized carbons (Fsp3) is 0.769. The van der Waals surface area contributed by atoms with E-state index in [-0.39, 0.29) is 0 Å². The lowest BCUT2D eigenvalue weighted by Gasteiger charge is -2.06. The summed E-state index contributed by atoms with van der Waals surface area (Å²) in [6.45, 7) is 5.58. The summed E-state index contributed by atoms with van der Waals surface area (Å²) >= 11 is 0. The number of aromatic nitrogens is 2. The molecule has 1 aromatic rings. The van der Waals surface area contributed by atoms with Gasteiger partial charge in [0, 0.05) is 18.2 Å². The Morgan fingerprint density at radius 3 is 2.88 bits per heavy atom. The summed E-state index contributed by atoms with van der Waals surface area (Å²) in [6, 6.07) is 0.644. The Morgan fingerprint density at radius 2 is 2.25 bits per heavy atom. The van der Waals surface area contributed by atoms with Crippen molar-refractivity contribution in [2.45, 2.75) is 58.4 Å². The molecular formula is C13H23N3. The molecule has 90 valence electrons. The van der Waals surface area contributed by atoms with Crippen molar-refractivity contribution in [1.29, 1.82) is 0 Å². The Labute approximate surface area is 98.1 Å². The standard InChI is InChI=1S/C13H23N3/c1-3-6-12-11(4-2)15-13(16-12)9-10-7-5-8-14-10/h10,14H,3-9H2,1-2H3,(H,15,16). The minimum atomic E-state index is 0.644. The molecule has 0 aliphatic carbocycles. The van der Waals surface area contributed by atoms with Gasteiger partial charge in [0.2, 0.25) is 0 Å². The largest absolute Gasteiger partial charge is 0.346 e. The molecule has 1 unspecified atom stereocenters. The highest BCUT2D eigenvalue weighted by molar-refractivity contribution is 5.15. The van der Waals surface area contributed by atoms with E-state index in [4.69, 9.17) is 4.98 Å². The van der Waals surface area contributed by atoms with Crippen LogP contribution in [-0.4, -0.2) is 22.6 Å². The number of H-pyrrole nitrogens is 1. The van der Waals surface area contributed by atoms with Crippen LogP contribution in [0.2, 0.25) is 0 Å². The molecule has 3 nitrogen and oxygen atoms in total. The zero-order valence-corrected chi connectivity index (χ0v) is 10.5. The van der Waals surface area contributed by atoms with E-state index in [2.05, 4.69) is 24.1 Å². The summed E-state index contributed by atoms with van der Waals surface area (Å²) in [5.41, 5.74) is 2.63. The van der Waals surface area contributed by atoms with Crippen LogP contribution in [0.4, 0.5) is 0 Å². The highest BCUT2D eigenvalue weighted by atomic mass is 15.0. The van der Waals surface area contributed by atoms with Gasteiger partial charge in [-0.25, -0.2) is 4.98 Å². The van der Waals surface area contributed by atoms with Crippen molar-refractivity contribution in [3.63, 3.8) is 0 Å². The smallest absolute Gasteiger partial charge is 0.108 e. The van der Waals surface area contributed by atoms with Crippen LogP contribution < -0.4 is 5.32 Å². The van der Waals surface area contributed by atoms with Crippen LogP contribution in [0.15, 0.2) is 0 Å². The van der Waals surface area contributed by atoms with Crippen molar-refractivity contribution in [3.05, 3.63) is 17.2 Å². The first-order valence-electron chi connectivity index (χ1n) is 6.63. The Bertz CT molecular complexity index is 324. The molecule has 16 heavy (non-hydrogen) atoms. The molecule has 1 saturated heterocycles. The van der Waals surface area contributed by atoms with E-state index in [1.54, 1.807) is 0 Å². The van der Waals surface area contributed by atoms with Gasteiger partial charge < -0.3 is 10.3 Å². The van der Waals surface area contributed by atoms with Gasteiger partial charge in [0.15, 0.2) is 0 Å². The van der Waals surface area contributed by atoms with Crippen molar-refractivity contribution in [2.24, 2.45) is 0 Å². The molecule has 0 saturated carbocycles. The van der Waals surface area contributed by atoms with Crippen LogP contribution in [0.3, 0.4) is 0 Å². The van der Waals surface area contributed by atoms with Gasteiger partial charge in [0.1, 0.15) is 5.82 Å². The minimum absolute atomic E-state index is 0.644. The van der Waals surface area contributed by atoms with E-state index in [9.17, 15) is 0 Å². The maximum atomic E-state index is 4.72. The van der Waals surface area contributed by atoms with E-state index in [1.165, 1.54) is 43.0 Å². The third-order valence-electron chi connectivity index (χ3n) is 3.35. The molecule has 1 aromatic heterocycles. The number of rotatable bonds is 5. The van der Waals surface area contributed by atoms with Gasteiger partial charge >= 0.3 is 0 Å². The number of aromatic amines is 1. The average Bonchev–Trinajstić information content (AvgIpc) is 2.89. The average molecular weight is 221 g/mol. The summed E-state index contributed by atoms with van der Waals surface area (Å²) in [5.74, 6) is 1.18. The summed E-state index contributed by atoms with van der Waals surface area (Å²) in [5, 5.41) is 3.52. The number of nitrogens with zero attached hydrogens (tertiary/aromatic N) is 1. The molecule has 0 amide bonds. The molecule has 0 bridgehead atoms. The first-order chi connectivity index (χ1) is 7.83. The Balaban J connectivity index is 2.02. The molecule has 3 heteroatoms. The number of hydrogen-bond acceptors (Lipinski definition) is 2. The van der Waals surface area contributed by atoms with Crippen LogP contribution in [0.1, 0.15) is 50.3 Å². The lowest BCUT2D eigenvalue weighted by molar-refractivity contribution is 0.587. The first kappa shape index (κ1) is 11.6. The Hall–Kier alpha value is -0.830. The van der Waals surface area contributed by atoms with E-state index in [1.807, 2.05) is 0 Å². The van der Waals surface area contributed by atoms with Gasteiger partial charge in [-0.05, 0) is 32.2 Å². The Kier molecular flexibility index (Phi) is 3.99. The molecule has 1 aliphatic rings. The zero-order valence-electron chi connectivity index (χ0n) is 10.5. The fourth-order valence-corrected chi connectivity index (χ4v) is 2.51. The monoisotopic (exact) mass is 221 g/mol. The fourth-order valence-electron chi connectivity index (χ4n) is 2.51. The van der Waals surface area contributed by atoms with Crippen LogP contribution >= 0.6 is 0 Å². The van der Waals surface area contributed by atoms with Crippen LogP contribution in [0, 0.1) is 0 Å². The number of nitrogens with one attached hydrogen (secondary N) is 2. The predicted molar refractivity (Wildman–Crippen MR) is 66.7 cm³/mol. The normalized spacial score (nSPS) is 20.5. The highest BCUT2D eigenvalue weighted by Crippen LogP contribution is 2.14. The maximum absolute atomic E-state index is 4.72. The third kappa shape index (κ3) is 2.64. The van der Waals surface area contributed by atoms with Crippen molar-refractivity contribution in [1.82, 2.24) is 15.3 Å². The zero-order chi connectivity index (χ0) is 11.4. The third-order valence-corrected chi connectivity index (χ3v) is 3.35. The highest BCUT2D eigenvalue weighted by Gasteiger charge is 2.17. The second-order valence-corrected chi connectivity index (χ2v) is 4.71. The van der Waals surface area contributed by atoms with Crippen molar-refractivity contribution in [3.8, 4) is 0 Å². The van der Waals surface area contributed by atoms with Gasteiger partial charge in [-0.3, -0.25) is 0 Å². The molecule has 1 fully saturated rings. The van der Waals surface area contributed by atoms with Crippen molar-refractivity contribution in [2.75, 3.05) is 6.54 Å². The second-order valence-electron chi connectivity index (χ2n) is 4.71. The number of hydrogen-bond donors (Lipinski definition) is 2. The number of aryl methyl sites for hydroxylation is 2. The molecular weight excluding hydrogens is 198 g/mol. The molecule has 2 heterocycles. The lowest BCUT2D eigenvalue weighted by atomic mass is 10.1. The van der Waals surface area contributed by atoms with E-state index < -0.39 is 0 Å². The second kappa shape index (κ2) is 5.48. The SMILES string of the molecule is CCCc1[nH]c(CC2CCCN2)nc1CC. The molecule has 1 aliphatic heterocycles. The van der Waals surface area contributed by atoms with Crippen molar-refractivity contribution >= 4 is 0 Å². The van der Waals surface area contributed by atoms with Gasteiger partial charge in [-0.1, -0.05) is 20.3 Å². The van der Waals surface area contributed by atoms with Gasteiger partial charge in [-0.15, -0.1) is 0 Å². The quantitative estimate of drug-likeness (QED) is 0.800. The number of imidazole rings is 1. The molecule has 1 atom stereocenters. The van der Waals surface area contributed by atoms with Gasteiger partial charge in [0.25, 0.3) is 0 Å². The Morgan fingerprint density at radius 1 is 1.38 bits per heavy atom. The predicted octanol–water partition coefficient (Wildman–Crippen LogP) is 2.22. The minimum Gasteiger partial charge on any atom is -0.346 e. The molecule has 0 radical (unpaired) electrons. The summed E-state index contributed by atoms with van der Waals surface area (Å²) in [6.07, 6.45) is 7.05. The van der Waals surface area contributed by atoms with Crippen molar-refractivity contribution < 1.29 is 0 Å². The topological polar surface area (TPSA) is 40.7 Å². The summed E-state index contributed by atoms with van der Waals surface area (Å²) in [4.78, 5) is 8.22. The summed E-state index contributed by atoms with van der Waals surface area (Å²) < 4.78 is 0. The van der Waals surface area contributed by atoms with E-state index in [0.29, 0.717) is 6.04 Å². The van der Waals surface area contributed by atoms with Gasteiger partial charge in [-0.2, -0.15) is 0 Å². The molecule has 0 spiro atoms. The van der Waals surface area contributed by atoms with E-state index in [0.717, 1.165) is 19.3 Å². The molecule has 2 N–H and O–H groups in total. The van der Waals surface area contributed by atoms with Crippen LogP contribution in [0.25, 0.3) is 0 Å². The molecule has 2 rings (SSSR count).